The van der Waals surface area contributed by atoms with Crippen molar-refractivity contribution in [1.29, 1.82) is 0 Å². The number of carbonyl (C=O) groups is 6. The Morgan fingerprint density at radius 2 is 1.90 bits per heavy atom. The molecular weight excluding hydrogens is 706 g/mol. The van der Waals surface area contributed by atoms with Gasteiger partial charge in [-0.3, -0.25) is 29.4 Å². The summed E-state index contributed by atoms with van der Waals surface area (Å²) in [4.78, 5) is 97.2. The van der Waals surface area contributed by atoms with Crippen LogP contribution in [-0.4, -0.2) is 110 Å². The average Bonchev–Trinajstić information content (AvgIpc) is 3.56. The van der Waals surface area contributed by atoms with Gasteiger partial charge in [-0.15, -0.1) is 11.3 Å². The number of hydrogen-bond acceptors (Lipinski definition) is 16. The predicted molar refractivity (Wildman–Crippen MR) is 150 cm³/mol. The van der Waals surface area contributed by atoms with Crippen molar-refractivity contribution in [1.82, 2.24) is 34.9 Å². The number of rotatable bonds is 10. The molecule has 0 aliphatic carbocycles. The number of urea groups is 2. The van der Waals surface area contributed by atoms with E-state index < -0.39 is 87.6 Å². The Hall–Kier alpha value is -3.78. The zero-order valence-corrected chi connectivity index (χ0v) is 31.1. The van der Waals surface area contributed by atoms with E-state index in [1.54, 1.807) is 0 Å². The molecule has 0 radical (unpaired) electrons. The molecule has 4 heterocycles. The molecule has 0 aromatic carbocycles. The summed E-state index contributed by atoms with van der Waals surface area (Å²) in [6.07, 6.45) is 0.830. The van der Waals surface area contributed by atoms with E-state index in [2.05, 4.69) is 30.6 Å². The second-order valence-electron chi connectivity index (χ2n) is 9.77. The van der Waals surface area contributed by atoms with Crippen LogP contribution in [0.5, 0.6) is 5.75 Å². The molecular formula is C22H22N10Na2O12S2. The number of likely N-dealkylation sites (tertiary alicyclic amines) is 1. The van der Waals surface area contributed by atoms with Crippen molar-refractivity contribution in [3.63, 3.8) is 0 Å². The minimum atomic E-state index is -5.03. The van der Waals surface area contributed by atoms with Crippen molar-refractivity contribution in [2.75, 3.05) is 25.4 Å². The standard InChI is InChI=1S/C22H24N10O12S2.2Na/c1-22(2,18(38)39)44-28-14(11-8-45-19(23)26-11)16(36)25-10-7-30(17(10)37)20(40)29-46(42,43)32-4-3-31(21(32)41)27-15(35)9-5-12(33)13(34)6-24-9;;/h5-6,8,10H,3-4,7H2,1-2H3,(H8,23,24,25,26,27,28,29,33,34,35,36,38,39,40);;/q;2*+1/p-2. The van der Waals surface area contributed by atoms with Gasteiger partial charge in [-0.05, 0) is 20.4 Å². The van der Waals surface area contributed by atoms with Crippen molar-refractivity contribution in [2.24, 2.45) is 5.16 Å². The molecule has 246 valence electrons. The number of hydrogen-bond donors (Lipinski definition) is 5. The van der Waals surface area contributed by atoms with Gasteiger partial charge < -0.3 is 45.5 Å². The first-order chi connectivity index (χ1) is 21.4. The number of β-lactam (4-membered cyclic amide) rings is 1. The fraction of sp³-hybridized carbons (Fsp3) is 0.318. The smallest absolute Gasteiger partial charge is 0.546 e. The van der Waals surface area contributed by atoms with Gasteiger partial charge in [0.15, 0.2) is 34.1 Å². The van der Waals surface area contributed by atoms with E-state index in [0.717, 1.165) is 37.4 Å². The number of nitrogen functional groups attached to an aromatic ring is 1. The molecule has 0 saturated carbocycles. The number of pyridine rings is 1. The zero-order chi connectivity index (χ0) is 34.1. The van der Waals surface area contributed by atoms with Crippen LogP contribution in [0.15, 0.2) is 27.6 Å². The van der Waals surface area contributed by atoms with Gasteiger partial charge in [0.2, 0.25) is 5.43 Å². The maximum Gasteiger partial charge on any atom is 1.00 e. The van der Waals surface area contributed by atoms with Crippen LogP contribution >= 0.6 is 11.3 Å². The SMILES string of the molecule is CC(C)(O/N=C(/C(=O)NC1CN(C(=O)[N-]S(=O)(=O)N2CCN(NC(=O)c3cc(=O)c(O)c[nH]3)C2=O)C1=O)c1csc(N)n1)C(=O)[O-].[Na+].[Na+]. The number of aromatic hydroxyl groups is 1. The number of carboxylic acid groups (broad SMARTS) is 1. The maximum absolute atomic E-state index is 12.9. The molecule has 2 aliphatic rings. The minimum Gasteiger partial charge on any atom is -0.546 e. The molecule has 26 heteroatoms. The summed E-state index contributed by atoms with van der Waals surface area (Å²) >= 11 is 0.912. The zero-order valence-electron chi connectivity index (χ0n) is 25.4. The number of aromatic nitrogens is 2. The van der Waals surface area contributed by atoms with Crippen LogP contribution in [0.1, 0.15) is 30.0 Å². The van der Waals surface area contributed by atoms with Crippen LogP contribution < -0.4 is 86.1 Å². The molecule has 1 unspecified atom stereocenters. The molecule has 48 heavy (non-hydrogen) atoms. The largest absolute Gasteiger partial charge is 1.00 e. The molecule has 2 fully saturated rings. The van der Waals surface area contributed by atoms with Gasteiger partial charge in [0.05, 0.1) is 25.1 Å². The van der Waals surface area contributed by atoms with E-state index in [0.29, 0.717) is 9.91 Å². The number of imide groups is 1. The molecule has 22 nitrogen and oxygen atoms in total. The van der Waals surface area contributed by atoms with Crippen LogP contribution in [0, 0.1) is 0 Å². The van der Waals surface area contributed by atoms with E-state index in [1.165, 1.54) is 5.38 Å². The van der Waals surface area contributed by atoms with Crippen molar-refractivity contribution in [3.05, 3.63) is 44.0 Å². The molecule has 0 bridgehead atoms. The summed E-state index contributed by atoms with van der Waals surface area (Å²) in [6.45, 7) is 0.693. The Bertz CT molecular complexity index is 1850. The first-order valence-corrected chi connectivity index (χ1v) is 14.8. The normalized spacial score (nSPS) is 16.2. The number of H-pyrrole nitrogens is 1. The van der Waals surface area contributed by atoms with E-state index in [-0.39, 0.29) is 86.5 Å². The number of oxime groups is 1. The van der Waals surface area contributed by atoms with E-state index in [4.69, 9.17) is 10.6 Å². The van der Waals surface area contributed by atoms with Gasteiger partial charge in [-0.25, -0.2) is 27.5 Å². The Morgan fingerprint density at radius 1 is 1.23 bits per heavy atom. The molecule has 7 amide bonds. The summed E-state index contributed by atoms with van der Waals surface area (Å²) in [5.74, 6) is -5.53. The number of anilines is 1. The van der Waals surface area contributed by atoms with Crippen molar-refractivity contribution >= 4 is 68.1 Å². The number of aromatic amines is 1. The first kappa shape index (κ1) is 40.4. The molecule has 2 aromatic heterocycles. The summed E-state index contributed by atoms with van der Waals surface area (Å²) in [6, 6.07) is -3.55. The van der Waals surface area contributed by atoms with E-state index >= 15 is 0 Å². The molecule has 2 saturated heterocycles. The van der Waals surface area contributed by atoms with Crippen molar-refractivity contribution < 1.29 is 111 Å². The van der Waals surface area contributed by atoms with Gasteiger partial charge in [-0.1, -0.05) is 5.16 Å². The van der Waals surface area contributed by atoms with Crippen LogP contribution in [0.3, 0.4) is 0 Å². The van der Waals surface area contributed by atoms with E-state index in [9.17, 15) is 52.2 Å². The number of aliphatic carboxylic acids is 1. The summed E-state index contributed by atoms with van der Waals surface area (Å²) in [7, 11) is -5.03. The number of nitrogens with two attached hydrogens (primary N) is 1. The maximum atomic E-state index is 12.9. The topological polar surface area (TPSA) is 321 Å². The molecule has 1 atom stereocenters. The van der Waals surface area contributed by atoms with Crippen LogP contribution in [0.4, 0.5) is 14.7 Å². The van der Waals surface area contributed by atoms with Crippen molar-refractivity contribution in [2.45, 2.75) is 25.5 Å². The molecule has 0 spiro atoms. The van der Waals surface area contributed by atoms with Crippen molar-refractivity contribution in [3.8, 4) is 5.75 Å². The predicted octanol–water partition coefficient (Wildman–Crippen LogP) is -9.48. The number of nitrogens with one attached hydrogen (secondary N) is 3. The van der Waals surface area contributed by atoms with Crippen LogP contribution in [0.2, 0.25) is 0 Å². The van der Waals surface area contributed by atoms with Crippen LogP contribution in [-0.2, 0) is 29.4 Å². The van der Waals surface area contributed by atoms with Gasteiger partial charge >= 0.3 is 65.1 Å². The number of nitrogens with zero attached hydrogens (tertiary/aromatic N) is 6. The number of hydrazine groups is 1. The van der Waals surface area contributed by atoms with Gasteiger partial charge in [-0.2, -0.15) is 0 Å². The third-order valence-corrected chi connectivity index (χ3v) is 8.07. The quantitative estimate of drug-likeness (QED) is 0.0657. The fourth-order valence-corrected chi connectivity index (χ4v) is 5.09. The van der Waals surface area contributed by atoms with E-state index in [1.807, 2.05) is 0 Å². The Kier molecular flexibility index (Phi) is 13.1. The third kappa shape index (κ3) is 8.81. The minimum absolute atomic E-state index is 0. The number of carboxylic acids is 1. The fourth-order valence-electron chi connectivity index (χ4n) is 3.54. The third-order valence-electron chi connectivity index (χ3n) is 6.12. The second-order valence-corrected chi connectivity index (χ2v) is 12.2. The number of carbonyl (C=O) groups excluding carboxylic acids is 6. The Labute approximate surface area is 317 Å². The molecule has 2 aliphatic heterocycles. The Balaban J connectivity index is 0.00000400. The average molecular weight is 729 g/mol. The monoisotopic (exact) mass is 728 g/mol. The van der Waals surface area contributed by atoms with Gasteiger partial charge in [0.25, 0.3) is 22.0 Å². The first-order valence-electron chi connectivity index (χ1n) is 12.6. The molecule has 6 N–H and O–H groups in total. The van der Waals surface area contributed by atoms with Gasteiger partial charge in [0.1, 0.15) is 11.4 Å². The molecule has 2 aromatic rings. The second kappa shape index (κ2) is 15.6. The Morgan fingerprint density at radius 3 is 2.46 bits per heavy atom. The van der Waals surface area contributed by atoms with Crippen LogP contribution in [0.25, 0.3) is 4.72 Å². The summed E-state index contributed by atoms with van der Waals surface area (Å²) in [5.41, 5.74) is 3.70. The summed E-state index contributed by atoms with van der Waals surface area (Å²) < 4.78 is 28.5. The number of thiazole rings is 1. The summed E-state index contributed by atoms with van der Waals surface area (Å²) in [5, 5.41) is 28.1. The number of amides is 7. The van der Waals surface area contributed by atoms with Gasteiger partial charge in [0, 0.05) is 17.6 Å². The molecule has 4 rings (SSSR count).